The van der Waals surface area contributed by atoms with E-state index in [4.69, 9.17) is 4.74 Å². The van der Waals surface area contributed by atoms with E-state index in [2.05, 4.69) is 20.5 Å². The predicted octanol–water partition coefficient (Wildman–Crippen LogP) is 4.01. The van der Waals surface area contributed by atoms with Crippen LogP contribution in [0.2, 0.25) is 0 Å². The molecule has 0 atom stereocenters. The minimum atomic E-state index is -0.564. The lowest BCUT2D eigenvalue weighted by atomic mass is 10.1. The van der Waals surface area contributed by atoms with Crippen LogP contribution in [-0.4, -0.2) is 45.2 Å². The summed E-state index contributed by atoms with van der Waals surface area (Å²) in [5, 5.41) is 12.4. The molecular formula is C18H18N4O4S3. The standard InChI is InChI=1S/C18H18N4O4S3/c1-4-26-17(25)13-9(2)14(10(3)23)29-16(13)19-12(24)8-28-18-20-15(21-22-18)11-6-5-7-27-11/h5-7H,4,8H2,1-3H3,(H,19,24)(H,20,21,22). The number of thioether (sulfide) groups is 1. The molecule has 152 valence electrons. The number of amides is 1. The average molecular weight is 451 g/mol. The van der Waals surface area contributed by atoms with Gasteiger partial charge in [0.2, 0.25) is 11.1 Å². The number of H-pyrrole nitrogens is 1. The summed E-state index contributed by atoms with van der Waals surface area (Å²) in [5.41, 5.74) is 0.733. The van der Waals surface area contributed by atoms with E-state index in [-0.39, 0.29) is 29.6 Å². The number of nitrogens with zero attached hydrogens (tertiary/aromatic N) is 2. The van der Waals surface area contributed by atoms with Crippen molar-refractivity contribution >= 4 is 57.1 Å². The van der Waals surface area contributed by atoms with E-state index in [1.165, 1.54) is 30.0 Å². The maximum absolute atomic E-state index is 12.4. The molecule has 0 bridgehead atoms. The highest BCUT2D eigenvalue weighted by molar-refractivity contribution is 7.99. The van der Waals surface area contributed by atoms with Crippen molar-refractivity contribution in [2.75, 3.05) is 17.7 Å². The molecule has 0 aliphatic heterocycles. The number of aromatic amines is 1. The highest BCUT2D eigenvalue weighted by Gasteiger charge is 2.25. The van der Waals surface area contributed by atoms with Crippen LogP contribution in [0.5, 0.6) is 0 Å². The number of rotatable bonds is 8. The van der Waals surface area contributed by atoms with Gasteiger partial charge in [0, 0.05) is 0 Å². The zero-order valence-electron chi connectivity index (χ0n) is 15.9. The number of esters is 1. The third kappa shape index (κ3) is 4.92. The molecule has 2 N–H and O–H groups in total. The first kappa shape index (κ1) is 21.2. The second kappa shape index (κ2) is 9.33. The number of ketones is 1. The summed E-state index contributed by atoms with van der Waals surface area (Å²) < 4.78 is 5.07. The van der Waals surface area contributed by atoms with Crippen molar-refractivity contribution in [3.8, 4) is 10.7 Å². The molecule has 0 aliphatic rings. The van der Waals surface area contributed by atoms with Crippen LogP contribution < -0.4 is 5.32 Å². The minimum Gasteiger partial charge on any atom is -0.462 e. The molecule has 0 fully saturated rings. The molecule has 29 heavy (non-hydrogen) atoms. The highest BCUT2D eigenvalue weighted by Crippen LogP contribution is 2.34. The molecule has 8 nitrogen and oxygen atoms in total. The van der Waals surface area contributed by atoms with Crippen LogP contribution in [0, 0.1) is 6.92 Å². The number of Topliss-reactive ketones (excluding diaryl/α,β-unsaturated/α-hetero) is 1. The summed E-state index contributed by atoms with van der Waals surface area (Å²) in [6.07, 6.45) is 0. The topological polar surface area (TPSA) is 114 Å². The Morgan fingerprint density at radius 2 is 2.14 bits per heavy atom. The summed E-state index contributed by atoms with van der Waals surface area (Å²) in [6.45, 7) is 4.99. The van der Waals surface area contributed by atoms with E-state index in [0.29, 0.717) is 26.4 Å². The molecular weight excluding hydrogens is 432 g/mol. The molecule has 11 heteroatoms. The minimum absolute atomic E-state index is 0.0519. The first-order chi connectivity index (χ1) is 13.9. The van der Waals surface area contributed by atoms with Crippen molar-refractivity contribution in [3.63, 3.8) is 0 Å². The van der Waals surface area contributed by atoms with Crippen molar-refractivity contribution < 1.29 is 19.1 Å². The van der Waals surface area contributed by atoms with Crippen molar-refractivity contribution in [1.29, 1.82) is 0 Å². The number of anilines is 1. The zero-order valence-corrected chi connectivity index (χ0v) is 18.3. The second-order valence-corrected chi connectivity index (χ2v) is 8.73. The number of carbonyl (C=O) groups excluding carboxylic acids is 3. The number of thiophene rings is 2. The molecule has 0 unspecified atom stereocenters. The van der Waals surface area contributed by atoms with E-state index in [0.717, 1.165) is 16.2 Å². The van der Waals surface area contributed by atoms with Gasteiger partial charge in [-0.1, -0.05) is 17.8 Å². The fourth-order valence-electron chi connectivity index (χ4n) is 2.51. The van der Waals surface area contributed by atoms with E-state index < -0.39 is 5.97 Å². The number of hydrogen-bond acceptors (Lipinski definition) is 9. The first-order valence-electron chi connectivity index (χ1n) is 8.61. The van der Waals surface area contributed by atoms with Gasteiger partial charge >= 0.3 is 5.97 Å². The molecule has 0 radical (unpaired) electrons. The average Bonchev–Trinajstić information content (AvgIpc) is 3.40. The van der Waals surface area contributed by atoms with Crippen molar-refractivity contribution in [2.45, 2.75) is 25.9 Å². The molecule has 0 aliphatic carbocycles. The van der Waals surface area contributed by atoms with Gasteiger partial charge in [0.15, 0.2) is 11.6 Å². The zero-order chi connectivity index (χ0) is 21.0. The highest BCUT2D eigenvalue weighted by atomic mass is 32.2. The molecule has 3 aromatic rings. The fourth-order valence-corrected chi connectivity index (χ4v) is 4.88. The lowest BCUT2D eigenvalue weighted by Gasteiger charge is -2.06. The van der Waals surface area contributed by atoms with Gasteiger partial charge in [-0.05, 0) is 37.8 Å². The Balaban J connectivity index is 1.69. The van der Waals surface area contributed by atoms with E-state index in [1.54, 1.807) is 13.8 Å². The second-order valence-electron chi connectivity index (χ2n) is 5.82. The van der Waals surface area contributed by atoms with Crippen LogP contribution in [0.15, 0.2) is 22.7 Å². The Morgan fingerprint density at radius 1 is 1.34 bits per heavy atom. The summed E-state index contributed by atoms with van der Waals surface area (Å²) in [6, 6.07) is 3.84. The summed E-state index contributed by atoms with van der Waals surface area (Å²) in [4.78, 5) is 42.3. The van der Waals surface area contributed by atoms with Crippen LogP contribution in [-0.2, 0) is 9.53 Å². The van der Waals surface area contributed by atoms with E-state index >= 15 is 0 Å². The first-order valence-corrected chi connectivity index (χ1v) is 11.3. The molecule has 3 aromatic heterocycles. The van der Waals surface area contributed by atoms with Gasteiger partial charge in [-0.25, -0.2) is 9.78 Å². The van der Waals surface area contributed by atoms with Gasteiger partial charge in [-0.3, -0.25) is 14.7 Å². The Bertz CT molecular complexity index is 1040. The lowest BCUT2D eigenvalue weighted by Crippen LogP contribution is -2.16. The Hall–Kier alpha value is -2.50. The number of aromatic nitrogens is 3. The van der Waals surface area contributed by atoms with Gasteiger partial charge in [0.25, 0.3) is 0 Å². The maximum Gasteiger partial charge on any atom is 0.341 e. The number of hydrogen-bond donors (Lipinski definition) is 2. The molecule has 1 amide bonds. The summed E-state index contributed by atoms with van der Waals surface area (Å²) >= 11 is 3.78. The number of nitrogens with one attached hydrogen (secondary N) is 2. The van der Waals surface area contributed by atoms with Crippen molar-refractivity contribution in [3.05, 3.63) is 33.5 Å². The van der Waals surface area contributed by atoms with Crippen molar-refractivity contribution in [2.24, 2.45) is 0 Å². The smallest absolute Gasteiger partial charge is 0.341 e. The van der Waals surface area contributed by atoms with Crippen molar-refractivity contribution in [1.82, 2.24) is 15.2 Å². The van der Waals surface area contributed by atoms with E-state index in [1.807, 2.05) is 17.5 Å². The van der Waals surface area contributed by atoms with Crippen LogP contribution in [0.25, 0.3) is 10.7 Å². The largest absolute Gasteiger partial charge is 0.462 e. The molecule has 0 spiro atoms. The Labute approximate surface area is 179 Å². The van der Waals surface area contributed by atoms with Crippen LogP contribution >= 0.6 is 34.4 Å². The number of ether oxygens (including phenoxy) is 1. The molecule has 0 saturated heterocycles. The van der Waals surface area contributed by atoms with Gasteiger partial charge < -0.3 is 10.1 Å². The van der Waals surface area contributed by atoms with Crippen LogP contribution in [0.4, 0.5) is 5.00 Å². The number of carbonyl (C=O) groups is 3. The van der Waals surface area contributed by atoms with Gasteiger partial charge in [-0.2, -0.15) is 0 Å². The van der Waals surface area contributed by atoms with Crippen LogP contribution in [0.1, 0.15) is 39.4 Å². The normalized spacial score (nSPS) is 10.7. The SMILES string of the molecule is CCOC(=O)c1c(NC(=O)CSc2n[nH]c(-c3cccs3)n2)sc(C(C)=O)c1C. The maximum atomic E-state index is 12.4. The van der Waals surface area contributed by atoms with Crippen LogP contribution in [0.3, 0.4) is 0 Å². The quantitative estimate of drug-likeness (QED) is 0.303. The summed E-state index contributed by atoms with van der Waals surface area (Å²) in [5.74, 6) is -0.371. The van der Waals surface area contributed by atoms with Gasteiger partial charge in [0.05, 0.1) is 27.7 Å². The van der Waals surface area contributed by atoms with Gasteiger partial charge in [0.1, 0.15) is 5.00 Å². The Kier molecular flexibility index (Phi) is 6.83. The summed E-state index contributed by atoms with van der Waals surface area (Å²) in [7, 11) is 0. The lowest BCUT2D eigenvalue weighted by molar-refractivity contribution is -0.113. The molecule has 0 saturated carbocycles. The monoisotopic (exact) mass is 450 g/mol. The van der Waals surface area contributed by atoms with Gasteiger partial charge in [-0.15, -0.1) is 27.8 Å². The third-order valence-electron chi connectivity index (χ3n) is 3.75. The third-order valence-corrected chi connectivity index (χ3v) is 6.78. The predicted molar refractivity (Wildman–Crippen MR) is 114 cm³/mol. The molecule has 0 aromatic carbocycles. The Morgan fingerprint density at radius 3 is 2.79 bits per heavy atom. The van der Waals surface area contributed by atoms with E-state index in [9.17, 15) is 14.4 Å². The fraction of sp³-hybridized carbons (Fsp3) is 0.278. The molecule has 3 heterocycles. The molecule has 3 rings (SSSR count).